The number of para-hydroxylation sites is 1. The van der Waals surface area contributed by atoms with Gasteiger partial charge in [0.1, 0.15) is 18.2 Å². The smallest absolute Gasteiger partial charge is 0.333 e. The van der Waals surface area contributed by atoms with Crippen LogP contribution in [-0.2, 0) is 27.3 Å². The molecule has 0 spiro atoms. The van der Waals surface area contributed by atoms with Gasteiger partial charge in [0.25, 0.3) is 0 Å². The van der Waals surface area contributed by atoms with E-state index in [9.17, 15) is 19.1 Å². The van der Waals surface area contributed by atoms with Crippen LogP contribution in [0.25, 0.3) is 0 Å². The summed E-state index contributed by atoms with van der Waals surface area (Å²) in [5.41, 5.74) is 1.77. The van der Waals surface area contributed by atoms with Gasteiger partial charge in [-0.25, -0.2) is 14.0 Å². The monoisotopic (exact) mass is 620 g/mol. The zero-order valence-electron chi connectivity index (χ0n) is 23.4. The van der Waals surface area contributed by atoms with Crippen LogP contribution in [0.1, 0.15) is 30.9 Å². The van der Waals surface area contributed by atoms with Crippen LogP contribution in [-0.4, -0.2) is 61.0 Å². The number of ether oxygens (including phenoxy) is 3. The normalized spacial score (nSPS) is 11.6. The number of carboxylic acids is 1. The minimum absolute atomic E-state index is 0.0965. The number of nitrogens with zero attached hydrogens (tertiary/aromatic N) is 1. The van der Waals surface area contributed by atoms with E-state index >= 15 is 0 Å². The van der Waals surface area contributed by atoms with Crippen molar-refractivity contribution in [2.24, 2.45) is 0 Å². The maximum absolute atomic E-state index is 14.1. The van der Waals surface area contributed by atoms with Gasteiger partial charge in [0.2, 0.25) is 0 Å². The van der Waals surface area contributed by atoms with E-state index in [4.69, 9.17) is 37.4 Å². The first-order valence-electron chi connectivity index (χ1n) is 13.6. The van der Waals surface area contributed by atoms with Crippen LogP contribution >= 0.6 is 23.2 Å². The second-order valence-corrected chi connectivity index (χ2v) is 10.3. The third-order valence-corrected chi connectivity index (χ3v) is 6.61. The van der Waals surface area contributed by atoms with E-state index in [1.54, 1.807) is 66.4 Å². The predicted molar refractivity (Wildman–Crippen MR) is 161 cm³/mol. The van der Waals surface area contributed by atoms with Crippen molar-refractivity contribution in [2.75, 3.05) is 38.2 Å². The van der Waals surface area contributed by atoms with Gasteiger partial charge in [-0.05, 0) is 73.4 Å². The molecule has 1 atom stereocenters. The van der Waals surface area contributed by atoms with Gasteiger partial charge in [0.05, 0.1) is 18.8 Å². The van der Waals surface area contributed by atoms with E-state index in [1.165, 1.54) is 12.1 Å². The van der Waals surface area contributed by atoms with Gasteiger partial charge >= 0.3 is 12.0 Å². The molecule has 3 rings (SSSR count). The van der Waals surface area contributed by atoms with Crippen LogP contribution in [0, 0.1) is 5.82 Å². The molecule has 3 aromatic carbocycles. The SMILES string of the molecule is CCOC(Cc1ccc(OCCN(CCCCOCc2cc(Cl)cc(Cl)c2)C(=O)Nc2ccccc2F)cc1)C(=O)O. The van der Waals surface area contributed by atoms with Gasteiger partial charge in [-0.1, -0.05) is 47.5 Å². The lowest BCUT2D eigenvalue weighted by Gasteiger charge is -2.23. The first-order valence-corrected chi connectivity index (χ1v) is 14.4. The molecule has 0 saturated heterocycles. The number of amides is 2. The van der Waals surface area contributed by atoms with E-state index in [-0.39, 0.29) is 25.3 Å². The number of urea groups is 1. The van der Waals surface area contributed by atoms with Gasteiger partial charge in [0, 0.05) is 36.2 Å². The van der Waals surface area contributed by atoms with Crippen molar-refractivity contribution in [3.8, 4) is 5.75 Å². The number of hydrogen-bond donors (Lipinski definition) is 2. The van der Waals surface area contributed by atoms with Gasteiger partial charge in [-0.2, -0.15) is 0 Å². The summed E-state index contributed by atoms with van der Waals surface area (Å²) in [6, 6.07) is 17.8. The van der Waals surface area contributed by atoms with Crippen molar-refractivity contribution in [2.45, 2.75) is 38.9 Å². The molecule has 42 heavy (non-hydrogen) atoms. The average molecular weight is 622 g/mol. The van der Waals surface area contributed by atoms with E-state index < -0.39 is 23.9 Å². The van der Waals surface area contributed by atoms with Crippen molar-refractivity contribution < 1.29 is 33.3 Å². The lowest BCUT2D eigenvalue weighted by Crippen LogP contribution is -2.38. The maximum atomic E-state index is 14.1. The molecule has 0 heterocycles. The third-order valence-electron chi connectivity index (χ3n) is 6.18. The zero-order chi connectivity index (χ0) is 30.3. The van der Waals surface area contributed by atoms with Crippen LogP contribution in [0.15, 0.2) is 66.7 Å². The van der Waals surface area contributed by atoms with Gasteiger partial charge < -0.3 is 29.5 Å². The fraction of sp³-hybridized carbons (Fsp3) is 0.355. The molecule has 0 aliphatic rings. The fourth-order valence-electron chi connectivity index (χ4n) is 4.09. The Kier molecular flexibility index (Phi) is 13.8. The average Bonchev–Trinajstić information content (AvgIpc) is 2.95. The molecule has 11 heteroatoms. The highest BCUT2D eigenvalue weighted by molar-refractivity contribution is 6.34. The van der Waals surface area contributed by atoms with Crippen LogP contribution in [0.2, 0.25) is 10.0 Å². The molecule has 2 N–H and O–H groups in total. The Morgan fingerprint density at radius 3 is 2.33 bits per heavy atom. The van der Waals surface area contributed by atoms with Crippen LogP contribution in [0.3, 0.4) is 0 Å². The molecule has 1 unspecified atom stereocenters. The second kappa shape index (κ2) is 17.6. The van der Waals surface area contributed by atoms with E-state index in [1.807, 2.05) is 0 Å². The lowest BCUT2D eigenvalue weighted by molar-refractivity contribution is -0.149. The van der Waals surface area contributed by atoms with Crippen LogP contribution in [0.4, 0.5) is 14.9 Å². The summed E-state index contributed by atoms with van der Waals surface area (Å²) in [6.07, 6.45) is 0.674. The molecular weight excluding hydrogens is 586 g/mol. The Balaban J connectivity index is 1.50. The highest BCUT2D eigenvalue weighted by atomic mass is 35.5. The number of carbonyl (C=O) groups excluding carboxylic acids is 1. The lowest BCUT2D eigenvalue weighted by atomic mass is 10.1. The number of halogens is 3. The molecule has 2 amide bonds. The standard InChI is InChI=1S/C31H35Cl2FN2O6/c1-2-41-29(30(37)38)19-22-9-11-26(12-10-22)42-16-14-36(31(39)35-28-8-4-3-7-27(28)34)13-5-6-15-40-21-23-17-24(32)20-25(33)18-23/h3-4,7-12,17-18,20,29H,2,5-6,13-16,19,21H2,1H3,(H,35,39)(H,37,38). The molecule has 3 aromatic rings. The van der Waals surface area contributed by atoms with Crippen LogP contribution < -0.4 is 10.1 Å². The topological polar surface area (TPSA) is 97.3 Å². The van der Waals surface area contributed by atoms with Gasteiger partial charge in [-0.3, -0.25) is 0 Å². The Bertz CT molecular complexity index is 1270. The van der Waals surface area contributed by atoms with Crippen molar-refractivity contribution in [3.63, 3.8) is 0 Å². The molecule has 0 aliphatic carbocycles. The predicted octanol–water partition coefficient (Wildman–Crippen LogP) is 7.07. The molecule has 226 valence electrons. The number of unbranched alkanes of at least 4 members (excludes halogenated alkanes) is 1. The summed E-state index contributed by atoms with van der Waals surface area (Å²) in [5.74, 6) is -0.958. The Labute approximate surface area is 255 Å². The van der Waals surface area contributed by atoms with Crippen molar-refractivity contribution >= 4 is 40.9 Å². The highest BCUT2D eigenvalue weighted by Gasteiger charge is 2.18. The fourth-order valence-corrected chi connectivity index (χ4v) is 4.66. The summed E-state index contributed by atoms with van der Waals surface area (Å²) >= 11 is 12.1. The number of anilines is 1. The Hall–Kier alpha value is -3.37. The van der Waals surface area contributed by atoms with E-state index in [0.29, 0.717) is 55.0 Å². The number of aliphatic carboxylic acids is 1. The Morgan fingerprint density at radius 1 is 0.952 bits per heavy atom. The molecule has 8 nitrogen and oxygen atoms in total. The summed E-state index contributed by atoms with van der Waals surface area (Å²) in [5, 5.41) is 13.0. The summed E-state index contributed by atoms with van der Waals surface area (Å²) < 4.78 is 31.0. The molecule has 0 fully saturated rings. The maximum Gasteiger partial charge on any atom is 0.333 e. The Morgan fingerprint density at radius 2 is 1.67 bits per heavy atom. The van der Waals surface area contributed by atoms with E-state index in [2.05, 4.69) is 5.32 Å². The second-order valence-electron chi connectivity index (χ2n) is 9.41. The summed E-state index contributed by atoms with van der Waals surface area (Å²) in [4.78, 5) is 25.9. The van der Waals surface area contributed by atoms with Crippen molar-refractivity contribution in [1.82, 2.24) is 4.90 Å². The minimum Gasteiger partial charge on any atom is -0.492 e. The van der Waals surface area contributed by atoms with Crippen LogP contribution in [0.5, 0.6) is 5.75 Å². The molecule has 0 bridgehead atoms. The molecule has 0 saturated carbocycles. The van der Waals surface area contributed by atoms with Gasteiger partial charge in [0.15, 0.2) is 6.10 Å². The number of hydrogen-bond acceptors (Lipinski definition) is 5. The summed E-state index contributed by atoms with van der Waals surface area (Å²) in [6.45, 7) is 3.77. The third kappa shape index (κ3) is 11.5. The molecule has 0 aromatic heterocycles. The number of benzene rings is 3. The number of nitrogens with one attached hydrogen (secondary N) is 1. The molecule has 0 radical (unpaired) electrons. The number of carbonyl (C=O) groups is 2. The zero-order valence-corrected chi connectivity index (χ0v) is 24.9. The van der Waals surface area contributed by atoms with Gasteiger partial charge in [-0.15, -0.1) is 0 Å². The van der Waals surface area contributed by atoms with Crippen molar-refractivity contribution in [1.29, 1.82) is 0 Å². The molecule has 0 aliphatic heterocycles. The first-order chi connectivity index (χ1) is 20.2. The largest absolute Gasteiger partial charge is 0.492 e. The number of carboxylic acid groups (broad SMARTS) is 1. The molecular formula is C31H35Cl2FN2O6. The van der Waals surface area contributed by atoms with Crippen molar-refractivity contribution in [3.05, 3.63) is 93.7 Å². The first kappa shape index (κ1) is 33.1. The van der Waals surface area contributed by atoms with E-state index in [0.717, 1.165) is 11.1 Å². The highest BCUT2D eigenvalue weighted by Crippen LogP contribution is 2.20. The summed E-state index contributed by atoms with van der Waals surface area (Å²) in [7, 11) is 0. The minimum atomic E-state index is -1.01. The number of rotatable bonds is 17. The quantitative estimate of drug-likeness (QED) is 0.157.